The van der Waals surface area contributed by atoms with Gasteiger partial charge in [-0.05, 0) is 18.1 Å². The Morgan fingerprint density at radius 2 is 2.28 bits per heavy atom. The Bertz CT molecular complexity index is 593. The summed E-state index contributed by atoms with van der Waals surface area (Å²) in [6.45, 7) is 0.837. The number of hydrogen-bond acceptors (Lipinski definition) is 4. The molecule has 18 heavy (non-hydrogen) atoms. The molecule has 1 aliphatic rings. The third kappa shape index (κ3) is 1.71. The summed E-state index contributed by atoms with van der Waals surface area (Å²) in [6.07, 6.45) is 2.34. The van der Waals surface area contributed by atoms with Crippen molar-refractivity contribution in [2.45, 2.75) is 12.5 Å². The fourth-order valence-electron chi connectivity index (χ4n) is 2.25. The maximum Gasteiger partial charge on any atom is 0.358 e. The number of carboxylic acids is 1. The Kier molecular flexibility index (Phi) is 2.47. The van der Waals surface area contributed by atoms with Gasteiger partial charge < -0.3 is 10.4 Å². The van der Waals surface area contributed by atoms with E-state index < -0.39 is 5.97 Å². The molecular formula is C12H12N4O2. The van der Waals surface area contributed by atoms with E-state index in [2.05, 4.69) is 15.6 Å². The topological polar surface area (TPSA) is 80.0 Å². The van der Waals surface area contributed by atoms with Crippen LogP contribution in [0.4, 0.5) is 5.69 Å². The highest BCUT2D eigenvalue weighted by Gasteiger charge is 2.23. The fourth-order valence-corrected chi connectivity index (χ4v) is 2.25. The van der Waals surface area contributed by atoms with Crippen LogP contribution in [0.15, 0.2) is 30.5 Å². The lowest BCUT2D eigenvalue weighted by molar-refractivity contribution is 0.0690. The minimum absolute atomic E-state index is 0.0222. The average Bonchev–Trinajstić information content (AvgIpc) is 2.87. The molecule has 0 bridgehead atoms. The molecule has 1 aromatic heterocycles. The van der Waals surface area contributed by atoms with E-state index in [9.17, 15) is 4.79 Å². The molecule has 0 amide bonds. The first-order valence-corrected chi connectivity index (χ1v) is 5.73. The summed E-state index contributed by atoms with van der Waals surface area (Å²) < 4.78 is 1.63. The van der Waals surface area contributed by atoms with Crippen LogP contribution in [0.1, 0.15) is 28.5 Å². The number of carbonyl (C=O) groups is 1. The highest BCUT2D eigenvalue weighted by atomic mass is 16.4. The van der Waals surface area contributed by atoms with Crippen molar-refractivity contribution < 1.29 is 9.90 Å². The van der Waals surface area contributed by atoms with E-state index in [0.717, 1.165) is 24.2 Å². The molecule has 0 fully saturated rings. The lowest BCUT2D eigenvalue weighted by atomic mass is 9.98. The van der Waals surface area contributed by atoms with Crippen molar-refractivity contribution in [3.63, 3.8) is 0 Å². The van der Waals surface area contributed by atoms with E-state index in [4.69, 9.17) is 5.11 Å². The number of anilines is 1. The average molecular weight is 244 g/mol. The van der Waals surface area contributed by atoms with Crippen LogP contribution in [0.25, 0.3) is 0 Å². The molecule has 2 heterocycles. The van der Waals surface area contributed by atoms with Gasteiger partial charge in [-0.15, -0.1) is 5.10 Å². The van der Waals surface area contributed by atoms with Crippen molar-refractivity contribution in [2.24, 2.45) is 0 Å². The molecule has 6 heteroatoms. The highest BCUT2D eigenvalue weighted by Crippen LogP contribution is 2.31. The number of carboxylic acid groups (broad SMARTS) is 1. The summed E-state index contributed by atoms with van der Waals surface area (Å²) in [7, 11) is 0. The molecular weight excluding hydrogens is 232 g/mol. The molecule has 0 saturated heterocycles. The van der Waals surface area contributed by atoms with Gasteiger partial charge >= 0.3 is 5.97 Å². The van der Waals surface area contributed by atoms with E-state index in [0.29, 0.717) is 0 Å². The van der Waals surface area contributed by atoms with Crippen LogP contribution >= 0.6 is 0 Å². The number of nitrogens with zero attached hydrogens (tertiary/aromatic N) is 3. The Hall–Kier alpha value is -2.37. The van der Waals surface area contributed by atoms with Gasteiger partial charge in [0.15, 0.2) is 5.69 Å². The van der Waals surface area contributed by atoms with Gasteiger partial charge in [-0.25, -0.2) is 9.48 Å². The van der Waals surface area contributed by atoms with Gasteiger partial charge in [-0.2, -0.15) is 0 Å². The summed E-state index contributed by atoms with van der Waals surface area (Å²) in [5.74, 6) is -1.05. The Morgan fingerprint density at radius 1 is 1.44 bits per heavy atom. The first-order chi connectivity index (χ1) is 8.75. The van der Waals surface area contributed by atoms with E-state index >= 15 is 0 Å². The normalized spacial score (nSPS) is 17.9. The van der Waals surface area contributed by atoms with Gasteiger partial charge in [-0.3, -0.25) is 0 Å². The molecule has 2 N–H and O–H groups in total. The van der Waals surface area contributed by atoms with E-state index in [1.165, 1.54) is 6.20 Å². The minimum Gasteiger partial charge on any atom is -0.476 e. The summed E-state index contributed by atoms with van der Waals surface area (Å²) in [6, 6.07) is 8.01. The quantitative estimate of drug-likeness (QED) is 0.834. The number of fused-ring (bicyclic) bond motifs is 1. The monoisotopic (exact) mass is 244 g/mol. The molecule has 3 rings (SSSR count). The predicted molar refractivity (Wildman–Crippen MR) is 64.7 cm³/mol. The molecule has 1 unspecified atom stereocenters. The van der Waals surface area contributed by atoms with Gasteiger partial charge in [-0.1, -0.05) is 23.4 Å². The predicted octanol–water partition coefficient (Wildman–Crippen LogP) is 1.38. The molecule has 2 aromatic rings. The molecule has 92 valence electrons. The van der Waals surface area contributed by atoms with Crippen molar-refractivity contribution in [3.05, 3.63) is 41.7 Å². The first-order valence-electron chi connectivity index (χ1n) is 5.73. The van der Waals surface area contributed by atoms with Crippen LogP contribution in [0.3, 0.4) is 0 Å². The molecule has 1 aromatic carbocycles. The van der Waals surface area contributed by atoms with E-state index in [1.54, 1.807) is 4.68 Å². The van der Waals surface area contributed by atoms with Crippen molar-refractivity contribution in [2.75, 3.05) is 11.9 Å². The zero-order valence-corrected chi connectivity index (χ0v) is 9.58. The number of aromatic carboxylic acids is 1. The molecule has 0 aliphatic carbocycles. The van der Waals surface area contributed by atoms with Crippen LogP contribution < -0.4 is 5.32 Å². The van der Waals surface area contributed by atoms with Gasteiger partial charge in [0.05, 0.1) is 12.2 Å². The molecule has 1 aliphatic heterocycles. The molecule has 6 nitrogen and oxygen atoms in total. The van der Waals surface area contributed by atoms with Crippen LogP contribution in [-0.2, 0) is 0 Å². The van der Waals surface area contributed by atoms with Crippen LogP contribution in [0, 0.1) is 0 Å². The summed E-state index contributed by atoms with van der Waals surface area (Å²) >= 11 is 0. The molecule has 0 saturated carbocycles. The van der Waals surface area contributed by atoms with Crippen molar-refractivity contribution in [1.29, 1.82) is 0 Å². The van der Waals surface area contributed by atoms with Crippen molar-refractivity contribution >= 4 is 11.7 Å². The second-order valence-corrected chi connectivity index (χ2v) is 4.21. The van der Waals surface area contributed by atoms with Crippen LogP contribution in [-0.4, -0.2) is 32.6 Å². The van der Waals surface area contributed by atoms with Gasteiger partial charge in [0.25, 0.3) is 0 Å². The standard InChI is InChI=1S/C12H12N4O2/c17-12(18)10-7-16(15-14-10)11-5-6-13-9-4-2-1-3-8(9)11/h1-4,7,11,13H,5-6H2,(H,17,18). The summed E-state index contributed by atoms with van der Waals surface area (Å²) in [5.41, 5.74) is 2.16. The fraction of sp³-hybridized carbons (Fsp3) is 0.250. The zero-order chi connectivity index (χ0) is 12.5. The SMILES string of the molecule is O=C(O)c1cn(C2CCNc3ccccc32)nn1. The number of nitrogens with one attached hydrogen (secondary N) is 1. The maximum absolute atomic E-state index is 10.8. The number of hydrogen-bond donors (Lipinski definition) is 2. The third-order valence-electron chi connectivity index (χ3n) is 3.10. The summed E-state index contributed by atoms with van der Waals surface area (Å²) in [4.78, 5) is 10.8. The van der Waals surface area contributed by atoms with Gasteiger partial charge in [0.2, 0.25) is 0 Å². The van der Waals surface area contributed by atoms with E-state index in [-0.39, 0.29) is 11.7 Å². The second-order valence-electron chi connectivity index (χ2n) is 4.21. The molecule has 1 atom stereocenters. The smallest absolute Gasteiger partial charge is 0.358 e. The summed E-state index contributed by atoms with van der Waals surface area (Å²) in [5, 5.41) is 19.8. The third-order valence-corrected chi connectivity index (χ3v) is 3.10. The Labute approximate surface area is 103 Å². The van der Waals surface area contributed by atoms with E-state index in [1.807, 2.05) is 24.3 Å². The lowest BCUT2D eigenvalue weighted by Crippen LogP contribution is -2.22. The minimum atomic E-state index is -1.05. The van der Waals surface area contributed by atoms with Crippen molar-refractivity contribution in [1.82, 2.24) is 15.0 Å². The molecule has 0 radical (unpaired) electrons. The highest BCUT2D eigenvalue weighted by molar-refractivity contribution is 5.84. The van der Waals surface area contributed by atoms with Crippen molar-refractivity contribution in [3.8, 4) is 0 Å². The number of benzene rings is 1. The lowest BCUT2D eigenvalue weighted by Gasteiger charge is -2.26. The van der Waals surface area contributed by atoms with Crippen LogP contribution in [0.2, 0.25) is 0 Å². The van der Waals surface area contributed by atoms with Gasteiger partial charge in [0, 0.05) is 12.2 Å². The number of rotatable bonds is 2. The zero-order valence-electron chi connectivity index (χ0n) is 9.58. The second kappa shape index (κ2) is 4.14. The maximum atomic E-state index is 10.8. The first kappa shape index (κ1) is 10.8. The van der Waals surface area contributed by atoms with Gasteiger partial charge in [0.1, 0.15) is 0 Å². The largest absolute Gasteiger partial charge is 0.476 e. The van der Waals surface area contributed by atoms with Crippen LogP contribution in [0.5, 0.6) is 0 Å². The Morgan fingerprint density at radius 3 is 3.06 bits per heavy atom. The Balaban J connectivity index is 2.00. The number of para-hydroxylation sites is 1. The molecule has 0 spiro atoms. The number of aromatic nitrogens is 3.